The van der Waals surface area contributed by atoms with Crippen molar-refractivity contribution in [1.29, 1.82) is 0 Å². The standard InChI is InChI=1S/C19H13N3O7/c23-12-2-1-7-4-11(19(29)22-15(7)16(12)26)21-18(28)9-3-8-5-13(24)14(25)6-10(8)20-17(9)27/h1-6,23-26H,(H,20,27)(H,21,28)(H,22,29). The van der Waals surface area contributed by atoms with E-state index in [4.69, 9.17) is 0 Å². The number of amides is 1. The van der Waals surface area contributed by atoms with Crippen molar-refractivity contribution in [3.8, 4) is 23.0 Å². The Bertz CT molecular complexity index is 1440. The van der Waals surface area contributed by atoms with E-state index in [0.717, 1.165) is 6.07 Å². The number of aromatic amines is 2. The summed E-state index contributed by atoms with van der Waals surface area (Å²) in [5.41, 5.74) is -1.82. The SMILES string of the molecule is O=C(Nc1cc2ccc(O)c(O)c2[nH]c1=O)c1cc2cc(O)c(O)cc2[nH]c1=O. The van der Waals surface area contributed by atoms with E-state index in [9.17, 15) is 34.8 Å². The first-order valence-corrected chi connectivity index (χ1v) is 8.23. The molecule has 0 aliphatic heterocycles. The van der Waals surface area contributed by atoms with Crippen molar-refractivity contribution in [3.05, 3.63) is 62.7 Å². The average Bonchev–Trinajstić information content (AvgIpc) is 2.67. The lowest BCUT2D eigenvalue weighted by atomic mass is 10.1. The maximum Gasteiger partial charge on any atom is 0.272 e. The van der Waals surface area contributed by atoms with Crippen molar-refractivity contribution in [3.63, 3.8) is 0 Å². The van der Waals surface area contributed by atoms with E-state index in [0.29, 0.717) is 5.39 Å². The van der Waals surface area contributed by atoms with Gasteiger partial charge in [0.2, 0.25) is 0 Å². The van der Waals surface area contributed by atoms with Crippen molar-refractivity contribution >= 4 is 33.4 Å². The number of rotatable bonds is 2. The first-order valence-electron chi connectivity index (χ1n) is 8.23. The Morgan fingerprint density at radius 1 is 0.793 bits per heavy atom. The second kappa shape index (κ2) is 6.30. The van der Waals surface area contributed by atoms with Gasteiger partial charge < -0.3 is 35.7 Å². The molecule has 1 amide bonds. The van der Waals surface area contributed by atoms with Crippen LogP contribution in [-0.2, 0) is 0 Å². The molecule has 10 nitrogen and oxygen atoms in total. The molecule has 0 unspecified atom stereocenters. The molecule has 2 aromatic carbocycles. The molecular weight excluding hydrogens is 382 g/mol. The molecule has 0 bridgehead atoms. The van der Waals surface area contributed by atoms with E-state index in [1.807, 2.05) is 0 Å². The van der Waals surface area contributed by atoms with Gasteiger partial charge in [-0.25, -0.2) is 0 Å². The van der Waals surface area contributed by atoms with Crippen LogP contribution in [-0.4, -0.2) is 36.3 Å². The van der Waals surface area contributed by atoms with Crippen LogP contribution in [0.3, 0.4) is 0 Å². The zero-order chi connectivity index (χ0) is 20.9. The summed E-state index contributed by atoms with van der Waals surface area (Å²) < 4.78 is 0. The molecule has 2 heterocycles. The molecule has 2 aromatic heterocycles. The lowest BCUT2D eigenvalue weighted by Crippen LogP contribution is -2.26. The minimum Gasteiger partial charge on any atom is -0.504 e. The fourth-order valence-electron chi connectivity index (χ4n) is 2.93. The summed E-state index contributed by atoms with van der Waals surface area (Å²) in [6.07, 6.45) is 0. The molecule has 4 rings (SSSR count). The molecular formula is C19H13N3O7. The Hall–Kier alpha value is -4.47. The van der Waals surface area contributed by atoms with Gasteiger partial charge in [-0.1, -0.05) is 0 Å². The molecule has 0 saturated heterocycles. The summed E-state index contributed by atoms with van der Waals surface area (Å²) in [6.45, 7) is 0. The highest BCUT2D eigenvalue weighted by atomic mass is 16.3. The van der Waals surface area contributed by atoms with Crippen molar-refractivity contribution in [2.45, 2.75) is 0 Å². The van der Waals surface area contributed by atoms with Gasteiger partial charge in [0.25, 0.3) is 17.0 Å². The number of aromatic nitrogens is 2. The number of nitrogens with one attached hydrogen (secondary N) is 3. The molecule has 0 aliphatic rings. The molecule has 0 spiro atoms. The van der Waals surface area contributed by atoms with E-state index in [-0.39, 0.29) is 27.7 Å². The Morgan fingerprint density at radius 2 is 1.52 bits per heavy atom. The Morgan fingerprint density at radius 3 is 2.28 bits per heavy atom. The quantitative estimate of drug-likeness (QED) is 0.251. The molecule has 10 heteroatoms. The van der Waals surface area contributed by atoms with Gasteiger partial charge in [0.1, 0.15) is 11.3 Å². The number of phenols is 4. The van der Waals surface area contributed by atoms with Crippen LogP contribution in [0.15, 0.2) is 46.0 Å². The predicted octanol–water partition coefficient (Wildman–Crippen LogP) is 1.44. The number of aromatic hydroxyl groups is 4. The highest BCUT2D eigenvalue weighted by Gasteiger charge is 2.16. The number of H-pyrrole nitrogens is 2. The van der Waals surface area contributed by atoms with Gasteiger partial charge in [0, 0.05) is 16.8 Å². The van der Waals surface area contributed by atoms with E-state index in [1.54, 1.807) is 0 Å². The summed E-state index contributed by atoms with van der Waals surface area (Å²) >= 11 is 0. The largest absolute Gasteiger partial charge is 0.504 e. The van der Waals surface area contributed by atoms with Gasteiger partial charge in [-0.05, 0) is 30.3 Å². The molecule has 0 aliphatic carbocycles. The normalized spacial score (nSPS) is 11.0. The van der Waals surface area contributed by atoms with Crippen molar-refractivity contribution < 1.29 is 25.2 Å². The van der Waals surface area contributed by atoms with Crippen molar-refractivity contribution in [2.24, 2.45) is 0 Å². The van der Waals surface area contributed by atoms with Crippen LogP contribution in [0.4, 0.5) is 5.69 Å². The van der Waals surface area contributed by atoms with Crippen LogP contribution >= 0.6 is 0 Å². The summed E-state index contributed by atoms with van der Waals surface area (Å²) in [5.74, 6) is -2.66. The molecule has 29 heavy (non-hydrogen) atoms. The number of anilines is 1. The number of pyridine rings is 2. The molecule has 0 radical (unpaired) electrons. The predicted molar refractivity (Wildman–Crippen MR) is 104 cm³/mol. The summed E-state index contributed by atoms with van der Waals surface area (Å²) in [6, 6.07) is 7.46. The van der Waals surface area contributed by atoms with E-state index in [2.05, 4.69) is 15.3 Å². The third-order valence-electron chi connectivity index (χ3n) is 4.40. The second-order valence-electron chi connectivity index (χ2n) is 6.30. The number of hydrogen-bond donors (Lipinski definition) is 7. The number of fused-ring (bicyclic) bond motifs is 2. The fourth-order valence-corrected chi connectivity index (χ4v) is 2.93. The van der Waals surface area contributed by atoms with Gasteiger partial charge in [-0.15, -0.1) is 0 Å². The summed E-state index contributed by atoms with van der Waals surface area (Å²) in [5, 5.41) is 41.4. The molecule has 7 N–H and O–H groups in total. The van der Waals surface area contributed by atoms with Crippen LogP contribution in [0.5, 0.6) is 23.0 Å². The number of benzene rings is 2. The zero-order valence-corrected chi connectivity index (χ0v) is 14.5. The van der Waals surface area contributed by atoms with Gasteiger partial charge >= 0.3 is 0 Å². The highest BCUT2D eigenvalue weighted by molar-refractivity contribution is 6.06. The molecule has 0 fully saturated rings. The van der Waals surface area contributed by atoms with Crippen molar-refractivity contribution in [2.75, 3.05) is 5.32 Å². The summed E-state index contributed by atoms with van der Waals surface area (Å²) in [4.78, 5) is 41.8. The summed E-state index contributed by atoms with van der Waals surface area (Å²) in [7, 11) is 0. The number of hydrogen-bond acceptors (Lipinski definition) is 7. The first-order chi connectivity index (χ1) is 13.7. The lowest BCUT2D eigenvalue weighted by molar-refractivity contribution is 0.102. The van der Waals surface area contributed by atoms with Crippen LogP contribution in [0, 0.1) is 0 Å². The van der Waals surface area contributed by atoms with E-state index >= 15 is 0 Å². The zero-order valence-electron chi connectivity index (χ0n) is 14.5. The van der Waals surface area contributed by atoms with Crippen molar-refractivity contribution in [1.82, 2.24) is 9.97 Å². The maximum absolute atomic E-state index is 12.6. The average molecular weight is 395 g/mol. The third kappa shape index (κ3) is 2.98. The smallest absolute Gasteiger partial charge is 0.272 e. The van der Waals surface area contributed by atoms with E-state index < -0.39 is 40.0 Å². The first kappa shape index (κ1) is 17.9. The van der Waals surface area contributed by atoms with Crippen LogP contribution in [0.2, 0.25) is 0 Å². The van der Waals surface area contributed by atoms with E-state index in [1.165, 1.54) is 30.3 Å². The maximum atomic E-state index is 12.6. The molecule has 0 saturated carbocycles. The van der Waals surface area contributed by atoms with Gasteiger partial charge in [0.05, 0.1) is 11.0 Å². The van der Waals surface area contributed by atoms with Crippen LogP contribution in [0.25, 0.3) is 21.8 Å². The minimum absolute atomic E-state index is 0.00756. The Balaban J connectivity index is 1.76. The third-order valence-corrected chi connectivity index (χ3v) is 4.40. The highest BCUT2D eigenvalue weighted by Crippen LogP contribution is 2.32. The van der Waals surface area contributed by atoms with Crippen LogP contribution in [0.1, 0.15) is 10.4 Å². The molecule has 0 atom stereocenters. The van der Waals surface area contributed by atoms with Gasteiger partial charge in [-0.2, -0.15) is 0 Å². The second-order valence-corrected chi connectivity index (χ2v) is 6.30. The molecule has 4 aromatic rings. The van der Waals surface area contributed by atoms with Gasteiger partial charge in [0.15, 0.2) is 23.0 Å². The molecule has 146 valence electrons. The lowest BCUT2D eigenvalue weighted by Gasteiger charge is -2.08. The van der Waals surface area contributed by atoms with Crippen LogP contribution < -0.4 is 16.4 Å². The fraction of sp³-hybridized carbons (Fsp3) is 0. The Labute approximate surface area is 160 Å². The van der Waals surface area contributed by atoms with Gasteiger partial charge in [-0.3, -0.25) is 14.4 Å². The number of phenolic OH excluding ortho intramolecular Hbond substituents is 4. The number of carbonyl (C=O) groups excluding carboxylic acids is 1. The minimum atomic E-state index is -0.881. The number of carbonyl (C=O) groups is 1. The monoisotopic (exact) mass is 395 g/mol. The Kier molecular flexibility index (Phi) is 3.89. The topological polar surface area (TPSA) is 176 Å².